The second kappa shape index (κ2) is 10.1. The summed E-state index contributed by atoms with van der Waals surface area (Å²) >= 11 is 0. The minimum absolute atomic E-state index is 0.0111. The Morgan fingerprint density at radius 1 is 1.08 bits per heavy atom. The monoisotopic (exact) mass is 496 g/mol. The van der Waals surface area contributed by atoms with E-state index in [4.69, 9.17) is 10.5 Å². The molecule has 3 saturated heterocycles. The fourth-order valence-corrected chi connectivity index (χ4v) is 6.86. The van der Waals surface area contributed by atoms with E-state index in [0.717, 1.165) is 63.1 Å². The van der Waals surface area contributed by atoms with Gasteiger partial charge in [-0.25, -0.2) is 0 Å². The second-order valence-electron chi connectivity index (χ2n) is 11.5. The molecule has 0 aromatic heterocycles. The number of rotatable bonds is 6. The van der Waals surface area contributed by atoms with Crippen LogP contribution in [0.4, 0.5) is 5.69 Å². The average Bonchev–Trinajstić information content (AvgIpc) is 3.58. The molecule has 196 valence electrons. The average molecular weight is 497 g/mol. The number of anilines is 1. The number of ether oxygens (including phenoxy) is 1. The first-order valence-corrected chi connectivity index (χ1v) is 13.6. The van der Waals surface area contributed by atoms with Gasteiger partial charge in [-0.15, -0.1) is 0 Å². The number of nitrogens with zero attached hydrogens (tertiary/aromatic N) is 3. The lowest BCUT2D eigenvalue weighted by Crippen LogP contribution is -2.46. The molecule has 0 spiro atoms. The van der Waals surface area contributed by atoms with E-state index >= 15 is 0 Å². The van der Waals surface area contributed by atoms with Gasteiger partial charge in [0, 0.05) is 49.9 Å². The van der Waals surface area contributed by atoms with Crippen LogP contribution in [0.2, 0.25) is 0 Å². The van der Waals surface area contributed by atoms with E-state index in [9.17, 15) is 14.4 Å². The number of hydrogen-bond donors (Lipinski definition) is 1. The predicted octanol–water partition coefficient (Wildman–Crippen LogP) is 2.26. The van der Waals surface area contributed by atoms with Crippen LogP contribution in [-0.2, 0) is 14.3 Å². The molecule has 4 aliphatic rings. The summed E-state index contributed by atoms with van der Waals surface area (Å²) in [6.07, 6.45) is 3.78. The number of piperazine rings is 1. The van der Waals surface area contributed by atoms with Crippen molar-refractivity contribution in [1.82, 2.24) is 9.80 Å². The lowest BCUT2D eigenvalue weighted by Gasteiger charge is -2.35. The third-order valence-electron chi connectivity index (χ3n) is 9.01. The van der Waals surface area contributed by atoms with E-state index in [-0.39, 0.29) is 36.2 Å². The Bertz CT molecular complexity index is 1010. The second-order valence-corrected chi connectivity index (χ2v) is 11.5. The van der Waals surface area contributed by atoms with Crippen molar-refractivity contribution in [3.8, 4) is 0 Å². The molecule has 1 aliphatic carbocycles. The number of likely N-dealkylation sites (tertiary alicyclic amines) is 1. The Morgan fingerprint density at radius 3 is 2.42 bits per heavy atom. The first-order valence-electron chi connectivity index (χ1n) is 13.6. The molecule has 3 heterocycles. The van der Waals surface area contributed by atoms with Gasteiger partial charge < -0.3 is 25.2 Å². The lowest BCUT2D eigenvalue weighted by molar-refractivity contribution is -0.138. The molecule has 4 atom stereocenters. The van der Waals surface area contributed by atoms with E-state index in [2.05, 4.69) is 30.7 Å². The Morgan fingerprint density at radius 2 is 1.78 bits per heavy atom. The SMILES string of the molecule is CC(C)[C@@H]1CN(C(=O)[C@H](c2cc(N3CCN(C)CC3)ccc2C(N)=O)C2CCCC2)[C@@H]2C(=O)CO[C@@H]21. The van der Waals surface area contributed by atoms with E-state index in [1.165, 1.54) is 0 Å². The molecule has 2 amide bonds. The molecule has 1 saturated carbocycles. The first kappa shape index (κ1) is 25.2. The van der Waals surface area contributed by atoms with Crippen LogP contribution < -0.4 is 10.6 Å². The summed E-state index contributed by atoms with van der Waals surface area (Å²) in [5.74, 6) is -0.491. The van der Waals surface area contributed by atoms with Crippen molar-refractivity contribution in [2.45, 2.75) is 57.6 Å². The van der Waals surface area contributed by atoms with Crippen LogP contribution in [0.5, 0.6) is 0 Å². The number of likely N-dealkylation sites (N-methyl/N-ethyl adjacent to an activating group) is 1. The molecular formula is C28H40N4O4. The lowest BCUT2D eigenvalue weighted by atomic mass is 9.80. The van der Waals surface area contributed by atoms with E-state index in [0.29, 0.717) is 18.0 Å². The molecule has 36 heavy (non-hydrogen) atoms. The fraction of sp³-hybridized carbons (Fsp3) is 0.679. The number of ketones is 1. The fourth-order valence-electron chi connectivity index (χ4n) is 6.86. The molecule has 2 N–H and O–H groups in total. The van der Waals surface area contributed by atoms with E-state index < -0.39 is 17.9 Å². The molecule has 1 aromatic rings. The summed E-state index contributed by atoms with van der Waals surface area (Å²) in [7, 11) is 2.12. The number of nitrogens with two attached hydrogens (primary N) is 1. The van der Waals surface area contributed by atoms with Crippen molar-refractivity contribution in [2.75, 3.05) is 51.3 Å². The van der Waals surface area contributed by atoms with Gasteiger partial charge in [0.25, 0.3) is 0 Å². The molecule has 4 fully saturated rings. The maximum atomic E-state index is 14.4. The largest absolute Gasteiger partial charge is 0.369 e. The highest BCUT2D eigenvalue weighted by atomic mass is 16.5. The van der Waals surface area contributed by atoms with Gasteiger partial charge in [0.2, 0.25) is 11.8 Å². The van der Waals surface area contributed by atoms with Crippen LogP contribution in [0.3, 0.4) is 0 Å². The summed E-state index contributed by atoms with van der Waals surface area (Å²) in [5, 5.41) is 0. The third-order valence-corrected chi connectivity index (χ3v) is 9.01. The topological polar surface area (TPSA) is 96.2 Å². The summed E-state index contributed by atoms with van der Waals surface area (Å²) in [6, 6.07) is 5.27. The zero-order chi connectivity index (χ0) is 25.6. The minimum Gasteiger partial charge on any atom is -0.369 e. The normalized spacial score (nSPS) is 28.2. The highest BCUT2D eigenvalue weighted by Gasteiger charge is 2.54. The molecule has 0 radical (unpaired) electrons. The van der Waals surface area contributed by atoms with Gasteiger partial charge in [-0.3, -0.25) is 14.4 Å². The predicted molar refractivity (Wildman–Crippen MR) is 138 cm³/mol. The number of carbonyl (C=O) groups is 3. The maximum absolute atomic E-state index is 14.4. The van der Waals surface area contributed by atoms with Crippen molar-refractivity contribution < 1.29 is 19.1 Å². The standard InChI is InChI=1S/C28H40N4O4/c1-17(2)22-15-32(25-23(33)16-36-26(22)25)28(35)24(18-6-4-5-7-18)21-14-19(8-9-20(21)27(29)34)31-12-10-30(3)11-13-31/h8-9,14,17-18,22,24-26H,4-7,10-13,15-16H2,1-3H3,(H2,29,34)/t22-,24-,25+,26+/m0/s1. The number of carbonyl (C=O) groups excluding carboxylic acids is 3. The van der Waals surface area contributed by atoms with Crippen molar-refractivity contribution in [2.24, 2.45) is 23.5 Å². The van der Waals surface area contributed by atoms with Gasteiger partial charge in [-0.1, -0.05) is 26.7 Å². The smallest absolute Gasteiger partial charge is 0.249 e. The van der Waals surface area contributed by atoms with Gasteiger partial charge in [-0.05, 0) is 55.5 Å². The Hall–Kier alpha value is -2.45. The van der Waals surface area contributed by atoms with Gasteiger partial charge in [-0.2, -0.15) is 0 Å². The van der Waals surface area contributed by atoms with Crippen LogP contribution in [0.15, 0.2) is 18.2 Å². The number of hydrogen-bond acceptors (Lipinski definition) is 6. The van der Waals surface area contributed by atoms with Crippen LogP contribution in [0.1, 0.15) is 61.4 Å². The van der Waals surface area contributed by atoms with Crippen molar-refractivity contribution in [1.29, 1.82) is 0 Å². The van der Waals surface area contributed by atoms with Crippen LogP contribution in [0.25, 0.3) is 0 Å². The number of primary amides is 1. The summed E-state index contributed by atoms with van der Waals surface area (Å²) in [6.45, 7) is 8.56. The quantitative estimate of drug-likeness (QED) is 0.649. The summed E-state index contributed by atoms with van der Waals surface area (Å²) in [4.78, 5) is 46.3. The molecular weight excluding hydrogens is 456 g/mol. The Kier molecular flexibility index (Phi) is 7.10. The zero-order valence-electron chi connectivity index (χ0n) is 21.8. The van der Waals surface area contributed by atoms with Crippen LogP contribution in [-0.4, -0.2) is 85.9 Å². The molecule has 8 nitrogen and oxygen atoms in total. The minimum atomic E-state index is -0.522. The molecule has 0 bridgehead atoms. The maximum Gasteiger partial charge on any atom is 0.249 e. The third kappa shape index (κ3) is 4.54. The molecule has 8 heteroatoms. The van der Waals surface area contributed by atoms with Crippen LogP contribution in [0, 0.1) is 17.8 Å². The summed E-state index contributed by atoms with van der Waals surface area (Å²) < 4.78 is 5.90. The van der Waals surface area contributed by atoms with E-state index in [1.807, 2.05) is 12.1 Å². The van der Waals surface area contributed by atoms with Gasteiger partial charge in [0.1, 0.15) is 12.6 Å². The molecule has 0 unspecified atom stereocenters. The van der Waals surface area contributed by atoms with Crippen molar-refractivity contribution >= 4 is 23.3 Å². The highest BCUT2D eigenvalue weighted by molar-refractivity contribution is 5.99. The Balaban J connectivity index is 1.54. The molecule has 3 aliphatic heterocycles. The number of fused-ring (bicyclic) bond motifs is 1. The van der Waals surface area contributed by atoms with Gasteiger partial charge in [0.05, 0.1) is 12.0 Å². The number of amides is 2. The van der Waals surface area contributed by atoms with Crippen molar-refractivity contribution in [3.63, 3.8) is 0 Å². The summed E-state index contributed by atoms with van der Waals surface area (Å²) in [5.41, 5.74) is 8.04. The zero-order valence-corrected chi connectivity index (χ0v) is 21.8. The van der Waals surface area contributed by atoms with Crippen LogP contribution >= 0.6 is 0 Å². The van der Waals surface area contributed by atoms with Gasteiger partial charge in [0.15, 0.2) is 5.78 Å². The highest BCUT2D eigenvalue weighted by Crippen LogP contribution is 2.44. The van der Waals surface area contributed by atoms with E-state index in [1.54, 1.807) is 11.0 Å². The van der Waals surface area contributed by atoms with Gasteiger partial charge >= 0.3 is 0 Å². The number of Topliss-reactive ketones (excluding diaryl/α,β-unsaturated/α-hetero) is 1. The molecule has 1 aromatic carbocycles. The first-order chi connectivity index (χ1) is 17.3. The number of benzene rings is 1. The van der Waals surface area contributed by atoms with Crippen molar-refractivity contribution in [3.05, 3.63) is 29.3 Å². The molecule has 5 rings (SSSR count). The Labute approximate surface area is 214 Å².